The fourth-order valence-electron chi connectivity index (χ4n) is 2.15. The van der Waals surface area contributed by atoms with Gasteiger partial charge < -0.3 is 0 Å². The maximum atomic E-state index is 13.2. The third-order valence-corrected chi connectivity index (χ3v) is 4.59. The van der Waals surface area contributed by atoms with Gasteiger partial charge in [0.15, 0.2) is 0 Å². The number of halogens is 1. The fraction of sp³-hybridized carbons (Fsp3) is 0.118. The zero-order chi connectivity index (χ0) is 14.3. The van der Waals surface area contributed by atoms with E-state index < -0.39 is 0 Å². The monoisotopic (exact) mass is 284 g/mol. The van der Waals surface area contributed by atoms with Gasteiger partial charge in [-0.05, 0) is 60.7 Å². The van der Waals surface area contributed by atoms with Gasteiger partial charge in [-0.2, -0.15) is 0 Å². The van der Waals surface area contributed by atoms with Crippen molar-refractivity contribution in [3.63, 3.8) is 0 Å². The van der Waals surface area contributed by atoms with E-state index in [2.05, 4.69) is 0 Å². The zero-order valence-electron chi connectivity index (χ0n) is 11.2. The Hall–Kier alpha value is -2.00. The van der Waals surface area contributed by atoms with Gasteiger partial charge in [0, 0.05) is 10.3 Å². The summed E-state index contributed by atoms with van der Waals surface area (Å²) in [7, 11) is 0. The number of benzene rings is 2. The molecule has 3 rings (SSSR count). The molecule has 1 nitrogen and oxygen atoms in total. The lowest BCUT2D eigenvalue weighted by molar-refractivity contribution is 0.104. The molecule has 0 saturated heterocycles. The summed E-state index contributed by atoms with van der Waals surface area (Å²) in [6, 6.07) is 12.1. The Labute approximate surface area is 120 Å². The van der Waals surface area contributed by atoms with Crippen molar-refractivity contribution >= 4 is 27.2 Å². The molecule has 0 radical (unpaired) electrons. The van der Waals surface area contributed by atoms with E-state index in [-0.39, 0.29) is 11.6 Å². The molecule has 0 aliphatic heterocycles. The second-order valence-electron chi connectivity index (χ2n) is 4.92. The first kappa shape index (κ1) is 13.0. The molecule has 0 aliphatic carbocycles. The lowest BCUT2D eigenvalue weighted by Crippen LogP contribution is -1.99. The highest BCUT2D eigenvalue weighted by molar-refractivity contribution is 7.21. The minimum atomic E-state index is -0.277. The van der Waals surface area contributed by atoms with Crippen LogP contribution in [-0.4, -0.2) is 5.78 Å². The van der Waals surface area contributed by atoms with Crippen molar-refractivity contribution in [3.8, 4) is 0 Å². The van der Waals surface area contributed by atoms with Gasteiger partial charge in [0.2, 0.25) is 5.78 Å². The molecule has 0 spiro atoms. The maximum absolute atomic E-state index is 13.2. The quantitative estimate of drug-likeness (QED) is 0.612. The van der Waals surface area contributed by atoms with Crippen molar-refractivity contribution < 1.29 is 9.18 Å². The average Bonchev–Trinajstić information content (AvgIpc) is 2.84. The van der Waals surface area contributed by atoms with Crippen LogP contribution in [0.4, 0.5) is 4.39 Å². The summed E-state index contributed by atoms with van der Waals surface area (Å²) < 4.78 is 14.1. The standard InChI is InChI=1S/C17H13FOS/c1-10-3-4-12(7-11(10)2)17(19)16-9-13-8-14(18)5-6-15(13)20-16/h3-9H,1-2H3. The first-order valence-corrected chi connectivity index (χ1v) is 7.17. The van der Waals surface area contributed by atoms with Gasteiger partial charge >= 0.3 is 0 Å². The van der Waals surface area contributed by atoms with E-state index in [1.165, 1.54) is 29.0 Å². The first-order chi connectivity index (χ1) is 9.54. The molecule has 0 bridgehead atoms. The summed E-state index contributed by atoms with van der Waals surface area (Å²) in [5.74, 6) is -0.282. The van der Waals surface area contributed by atoms with Crippen LogP contribution in [0.1, 0.15) is 26.4 Å². The van der Waals surface area contributed by atoms with Crippen molar-refractivity contribution in [2.45, 2.75) is 13.8 Å². The molecule has 0 aliphatic rings. The minimum Gasteiger partial charge on any atom is -0.288 e. The van der Waals surface area contributed by atoms with Crippen molar-refractivity contribution in [1.82, 2.24) is 0 Å². The van der Waals surface area contributed by atoms with Gasteiger partial charge in [0.25, 0.3) is 0 Å². The van der Waals surface area contributed by atoms with E-state index in [0.717, 1.165) is 15.6 Å². The molecule has 3 aromatic rings. The summed E-state index contributed by atoms with van der Waals surface area (Å²) in [5.41, 5.74) is 2.95. The van der Waals surface area contributed by atoms with Crippen LogP contribution in [-0.2, 0) is 0 Å². The molecule has 0 unspecified atom stereocenters. The SMILES string of the molecule is Cc1ccc(C(=O)c2cc3cc(F)ccc3s2)cc1C. The van der Waals surface area contributed by atoms with Crippen molar-refractivity contribution in [2.75, 3.05) is 0 Å². The smallest absolute Gasteiger partial charge is 0.202 e. The minimum absolute atomic E-state index is 0.00490. The van der Waals surface area contributed by atoms with Gasteiger partial charge in [-0.25, -0.2) is 4.39 Å². The fourth-order valence-corrected chi connectivity index (χ4v) is 3.16. The van der Waals surface area contributed by atoms with Crippen LogP contribution in [0.5, 0.6) is 0 Å². The molecular weight excluding hydrogens is 271 g/mol. The Morgan fingerprint density at radius 3 is 2.55 bits per heavy atom. The van der Waals surface area contributed by atoms with Crippen LogP contribution >= 0.6 is 11.3 Å². The van der Waals surface area contributed by atoms with E-state index in [1.807, 2.05) is 32.0 Å². The van der Waals surface area contributed by atoms with Crippen LogP contribution in [0, 0.1) is 19.7 Å². The summed E-state index contributed by atoms with van der Waals surface area (Å²) in [6.45, 7) is 4.01. The van der Waals surface area contributed by atoms with E-state index in [0.29, 0.717) is 10.4 Å². The van der Waals surface area contributed by atoms with E-state index in [4.69, 9.17) is 0 Å². The molecule has 1 heterocycles. The Morgan fingerprint density at radius 1 is 1.00 bits per heavy atom. The molecular formula is C17H13FOS. The topological polar surface area (TPSA) is 17.1 Å². The highest BCUT2D eigenvalue weighted by Crippen LogP contribution is 2.28. The molecule has 0 atom stereocenters. The number of hydrogen-bond donors (Lipinski definition) is 0. The summed E-state index contributed by atoms with van der Waals surface area (Å²) in [6.07, 6.45) is 0. The average molecular weight is 284 g/mol. The molecule has 0 N–H and O–H groups in total. The molecule has 0 fully saturated rings. The van der Waals surface area contributed by atoms with Crippen molar-refractivity contribution in [3.05, 3.63) is 69.8 Å². The molecule has 1 aromatic heterocycles. The van der Waals surface area contributed by atoms with Crippen LogP contribution in [0.3, 0.4) is 0 Å². The van der Waals surface area contributed by atoms with Crippen molar-refractivity contribution in [2.24, 2.45) is 0 Å². The van der Waals surface area contributed by atoms with Gasteiger partial charge in [-0.1, -0.05) is 12.1 Å². The molecule has 2 aromatic carbocycles. The van der Waals surface area contributed by atoms with Gasteiger partial charge in [0.1, 0.15) is 5.82 Å². The van der Waals surface area contributed by atoms with Gasteiger partial charge in [-0.15, -0.1) is 11.3 Å². The highest BCUT2D eigenvalue weighted by atomic mass is 32.1. The molecule has 0 amide bonds. The molecule has 100 valence electrons. The van der Waals surface area contributed by atoms with Gasteiger partial charge in [-0.3, -0.25) is 4.79 Å². The normalized spacial score (nSPS) is 10.9. The molecule has 20 heavy (non-hydrogen) atoms. The van der Waals surface area contributed by atoms with Crippen LogP contribution in [0.25, 0.3) is 10.1 Å². The Kier molecular flexibility index (Phi) is 3.14. The Morgan fingerprint density at radius 2 is 1.80 bits per heavy atom. The lowest BCUT2D eigenvalue weighted by atomic mass is 10.0. The second-order valence-corrected chi connectivity index (χ2v) is 6.00. The number of rotatable bonds is 2. The van der Waals surface area contributed by atoms with E-state index in [1.54, 1.807) is 12.1 Å². The first-order valence-electron chi connectivity index (χ1n) is 6.35. The second kappa shape index (κ2) is 4.84. The number of thiophene rings is 1. The van der Waals surface area contributed by atoms with Gasteiger partial charge in [0.05, 0.1) is 4.88 Å². The van der Waals surface area contributed by atoms with Crippen molar-refractivity contribution in [1.29, 1.82) is 0 Å². The number of carbonyl (C=O) groups is 1. The largest absolute Gasteiger partial charge is 0.288 e. The number of fused-ring (bicyclic) bond motifs is 1. The van der Waals surface area contributed by atoms with E-state index in [9.17, 15) is 9.18 Å². The number of hydrogen-bond acceptors (Lipinski definition) is 2. The molecule has 3 heteroatoms. The lowest BCUT2D eigenvalue weighted by Gasteiger charge is -2.02. The van der Waals surface area contributed by atoms with Crippen LogP contribution in [0.2, 0.25) is 0 Å². The Bertz CT molecular complexity index is 817. The number of ketones is 1. The maximum Gasteiger partial charge on any atom is 0.202 e. The summed E-state index contributed by atoms with van der Waals surface area (Å²) in [5, 5.41) is 0.780. The molecule has 0 saturated carbocycles. The summed E-state index contributed by atoms with van der Waals surface area (Å²) >= 11 is 1.40. The third kappa shape index (κ3) is 2.25. The zero-order valence-corrected chi connectivity index (χ0v) is 12.1. The predicted octanol–water partition coefficient (Wildman–Crippen LogP) is 4.89. The third-order valence-electron chi connectivity index (χ3n) is 3.47. The number of carbonyl (C=O) groups excluding carboxylic acids is 1. The predicted molar refractivity (Wildman–Crippen MR) is 81.1 cm³/mol. The number of aryl methyl sites for hydroxylation is 2. The van der Waals surface area contributed by atoms with E-state index >= 15 is 0 Å². The summed E-state index contributed by atoms with van der Waals surface area (Å²) in [4.78, 5) is 13.1. The highest BCUT2D eigenvalue weighted by Gasteiger charge is 2.13. The Balaban J connectivity index is 2.05. The van der Waals surface area contributed by atoms with Crippen LogP contribution in [0.15, 0.2) is 42.5 Å². The van der Waals surface area contributed by atoms with Crippen LogP contribution < -0.4 is 0 Å².